The summed E-state index contributed by atoms with van der Waals surface area (Å²) < 4.78 is 0. The number of thiazole rings is 1. The van der Waals surface area contributed by atoms with Gasteiger partial charge in [0.05, 0.1) is 5.69 Å². The molecule has 1 fully saturated rings. The molecule has 0 amide bonds. The topological polar surface area (TPSA) is 31.4 Å². The van der Waals surface area contributed by atoms with E-state index in [0.29, 0.717) is 0 Å². The van der Waals surface area contributed by atoms with Crippen molar-refractivity contribution < 1.29 is 0 Å². The second kappa shape index (κ2) is 7.22. The summed E-state index contributed by atoms with van der Waals surface area (Å²) in [6, 6.07) is 0. The van der Waals surface area contributed by atoms with Crippen LogP contribution in [-0.2, 0) is 13.0 Å². The Bertz CT molecular complexity index is 359. The standard InChI is InChI=1S/C14H26N4S/c1-4-6-12-13(11-15-3)19-14(16-12)18-9-7-17(5-2)8-10-18/h15H,4-11H2,1-3H3. The van der Waals surface area contributed by atoms with E-state index in [1.807, 2.05) is 18.4 Å². The Hall–Kier alpha value is -0.650. The van der Waals surface area contributed by atoms with Gasteiger partial charge in [-0.05, 0) is 20.0 Å². The molecular formula is C14H26N4S. The molecule has 0 unspecified atom stereocenters. The van der Waals surface area contributed by atoms with Crippen molar-refractivity contribution in [2.45, 2.75) is 33.2 Å². The van der Waals surface area contributed by atoms with Gasteiger partial charge in [-0.15, -0.1) is 11.3 Å². The van der Waals surface area contributed by atoms with Crippen LogP contribution in [-0.4, -0.2) is 49.7 Å². The van der Waals surface area contributed by atoms with E-state index < -0.39 is 0 Å². The lowest BCUT2D eigenvalue weighted by atomic mass is 10.2. The van der Waals surface area contributed by atoms with Crippen molar-refractivity contribution in [3.63, 3.8) is 0 Å². The van der Waals surface area contributed by atoms with Crippen molar-refractivity contribution in [3.05, 3.63) is 10.6 Å². The van der Waals surface area contributed by atoms with Gasteiger partial charge in [0.25, 0.3) is 0 Å². The predicted octanol–water partition coefficient (Wildman–Crippen LogP) is 1.96. The third-order valence-electron chi connectivity index (χ3n) is 3.68. The quantitative estimate of drug-likeness (QED) is 0.864. The minimum absolute atomic E-state index is 0.946. The zero-order valence-corrected chi connectivity index (χ0v) is 13.2. The summed E-state index contributed by atoms with van der Waals surface area (Å²) in [7, 11) is 2.01. The Morgan fingerprint density at radius 3 is 2.53 bits per heavy atom. The van der Waals surface area contributed by atoms with Crippen LogP contribution in [0.4, 0.5) is 5.13 Å². The molecule has 0 spiro atoms. The number of rotatable bonds is 6. The highest BCUT2D eigenvalue weighted by Crippen LogP contribution is 2.28. The normalized spacial score (nSPS) is 17.1. The van der Waals surface area contributed by atoms with E-state index in [9.17, 15) is 0 Å². The van der Waals surface area contributed by atoms with E-state index >= 15 is 0 Å². The monoisotopic (exact) mass is 282 g/mol. The molecule has 1 aliphatic rings. The van der Waals surface area contributed by atoms with Crippen molar-refractivity contribution in [3.8, 4) is 0 Å². The molecule has 0 aromatic carbocycles. The van der Waals surface area contributed by atoms with Gasteiger partial charge in [-0.3, -0.25) is 0 Å². The zero-order chi connectivity index (χ0) is 13.7. The number of hydrogen-bond donors (Lipinski definition) is 1. The molecule has 0 atom stereocenters. The van der Waals surface area contributed by atoms with Crippen LogP contribution in [0.25, 0.3) is 0 Å². The minimum atomic E-state index is 0.946. The van der Waals surface area contributed by atoms with Gasteiger partial charge in [-0.1, -0.05) is 20.3 Å². The smallest absolute Gasteiger partial charge is 0.185 e. The Morgan fingerprint density at radius 1 is 1.21 bits per heavy atom. The lowest BCUT2D eigenvalue weighted by Gasteiger charge is -2.33. The Balaban J connectivity index is 2.05. The number of nitrogens with one attached hydrogen (secondary N) is 1. The first-order chi connectivity index (χ1) is 9.28. The van der Waals surface area contributed by atoms with E-state index in [1.54, 1.807) is 0 Å². The summed E-state index contributed by atoms with van der Waals surface area (Å²) in [5.74, 6) is 0. The fraction of sp³-hybridized carbons (Fsp3) is 0.786. The highest BCUT2D eigenvalue weighted by atomic mass is 32.1. The fourth-order valence-electron chi connectivity index (χ4n) is 2.49. The van der Waals surface area contributed by atoms with Gasteiger partial charge in [-0.2, -0.15) is 0 Å². The second-order valence-electron chi connectivity index (χ2n) is 5.07. The summed E-state index contributed by atoms with van der Waals surface area (Å²) in [6.45, 7) is 11.1. The maximum absolute atomic E-state index is 4.88. The van der Waals surface area contributed by atoms with Gasteiger partial charge in [0.2, 0.25) is 0 Å². The van der Waals surface area contributed by atoms with Gasteiger partial charge < -0.3 is 15.1 Å². The molecular weight excluding hydrogens is 256 g/mol. The van der Waals surface area contributed by atoms with Gasteiger partial charge in [-0.25, -0.2) is 4.98 Å². The van der Waals surface area contributed by atoms with Crippen molar-refractivity contribution >= 4 is 16.5 Å². The number of nitrogens with zero attached hydrogens (tertiary/aromatic N) is 3. The SMILES string of the molecule is CCCc1nc(N2CCN(CC)CC2)sc1CNC. The van der Waals surface area contributed by atoms with Crippen LogP contribution in [0.1, 0.15) is 30.8 Å². The molecule has 108 valence electrons. The summed E-state index contributed by atoms with van der Waals surface area (Å²) in [5, 5.41) is 4.49. The summed E-state index contributed by atoms with van der Waals surface area (Å²) in [5.41, 5.74) is 1.30. The lowest BCUT2D eigenvalue weighted by molar-refractivity contribution is 0.271. The van der Waals surface area contributed by atoms with Crippen LogP contribution >= 0.6 is 11.3 Å². The Morgan fingerprint density at radius 2 is 1.95 bits per heavy atom. The van der Waals surface area contributed by atoms with Crippen LogP contribution < -0.4 is 10.2 Å². The molecule has 4 nitrogen and oxygen atoms in total. The van der Waals surface area contributed by atoms with Crippen molar-refractivity contribution in [1.29, 1.82) is 0 Å². The molecule has 1 aromatic rings. The number of likely N-dealkylation sites (N-methyl/N-ethyl adjacent to an activating group) is 1. The van der Waals surface area contributed by atoms with E-state index in [-0.39, 0.29) is 0 Å². The van der Waals surface area contributed by atoms with E-state index in [1.165, 1.54) is 35.2 Å². The molecule has 0 aliphatic carbocycles. The molecule has 0 radical (unpaired) electrons. The fourth-order valence-corrected chi connectivity index (χ4v) is 3.66. The summed E-state index contributed by atoms with van der Waals surface area (Å²) in [6.07, 6.45) is 2.27. The lowest BCUT2D eigenvalue weighted by Crippen LogP contribution is -2.46. The van der Waals surface area contributed by atoms with Crippen LogP contribution in [0.3, 0.4) is 0 Å². The first kappa shape index (κ1) is 14.8. The largest absolute Gasteiger partial charge is 0.346 e. The number of aryl methyl sites for hydroxylation is 1. The van der Waals surface area contributed by atoms with E-state index in [0.717, 1.165) is 32.6 Å². The zero-order valence-electron chi connectivity index (χ0n) is 12.4. The minimum Gasteiger partial charge on any atom is -0.346 e. The van der Waals surface area contributed by atoms with E-state index in [4.69, 9.17) is 4.98 Å². The third kappa shape index (κ3) is 3.68. The van der Waals surface area contributed by atoms with Crippen LogP contribution in [0.2, 0.25) is 0 Å². The maximum Gasteiger partial charge on any atom is 0.185 e. The predicted molar refractivity (Wildman–Crippen MR) is 83.2 cm³/mol. The summed E-state index contributed by atoms with van der Waals surface area (Å²) >= 11 is 1.87. The van der Waals surface area contributed by atoms with Crippen molar-refractivity contribution in [1.82, 2.24) is 15.2 Å². The average molecular weight is 282 g/mol. The molecule has 1 aliphatic heterocycles. The highest BCUT2D eigenvalue weighted by molar-refractivity contribution is 7.15. The first-order valence-corrected chi connectivity index (χ1v) is 8.20. The highest BCUT2D eigenvalue weighted by Gasteiger charge is 2.20. The van der Waals surface area contributed by atoms with Gasteiger partial charge in [0, 0.05) is 37.6 Å². The first-order valence-electron chi connectivity index (χ1n) is 7.39. The molecule has 5 heteroatoms. The molecule has 2 heterocycles. The number of aromatic nitrogens is 1. The third-order valence-corrected chi connectivity index (χ3v) is 4.84. The Kier molecular flexibility index (Phi) is 5.60. The molecule has 1 N–H and O–H groups in total. The van der Waals surface area contributed by atoms with Gasteiger partial charge >= 0.3 is 0 Å². The van der Waals surface area contributed by atoms with Gasteiger partial charge in [0.15, 0.2) is 5.13 Å². The molecule has 0 saturated carbocycles. The molecule has 19 heavy (non-hydrogen) atoms. The number of anilines is 1. The van der Waals surface area contributed by atoms with Crippen LogP contribution in [0, 0.1) is 0 Å². The Labute approximate surface area is 120 Å². The number of piperazine rings is 1. The molecule has 2 rings (SSSR count). The van der Waals surface area contributed by atoms with E-state index in [2.05, 4.69) is 29.0 Å². The average Bonchev–Trinajstić information content (AvgIpc) is 2.83. The second-order valence-corrected chi connectivity index (χ2v) is 6.13. The van der Waals surface area contributed by atoms with Crippen molar-refractivity contribution in [2.75, 3.05) is 44.7 Å². The summed E-state index contributed by atoms with van der Waals surface area (Å²) in [4.78, 5) is 11.3. The van der Waals surface area contributed by atoms with Crippen LogP contribution in [0.15, 0.2) is 0 Å². The molecule has 1 saturated heterocycles. The number of hydrogen-bond acceptors (Lipinski definition) is 5. The molecule has 0 bridgehead atoms. The van der Waals surface area contributed by atoms with Crippen molar-refractivity contribution in [2.24, 2.45) is 0 Å². The molecule has 1 aromatic heterocycles. The maximum atomic E-state index is 4.88. The van der Waals surface area contributed by atoms with Gasteiger partial charge in [0.1, 0.15) is 0 Å². The van der Waals surface area contributed by atoms with Crippen LogP contribution in [0.5, 0.6) is 0 Å².